The van der Waals surface area contributed by atoms with Crippen LogP contribution in [0.15, 0.2) is 47.6 Å². The molecule has 2 aromatic rings. The highest BCUT2D eigenvalue weighted by molar-refractivity contribution is 5.98. The third kappa shape index (κ3) is 3.82. The second-order valence-corrected chi connectivity index (χ2v) is 4.38. The Kier molecular flexibility index (Phi) is 4.88. The number of hydrogen-bond acceptors (Lipinski definition) is 6. The van der Waals surface area contributed by atoms with Gasteiger partial charge in [-0.2, -0.15) is 5.10 Å². The molecule has 0 spiro atoms. The lowest BCUT2D eigenvalue weighted by molar-refractivity contribution is -0.385. The molecule has 2 rings (SSSR count). The molecule has 0 saturated heterocycles. The van der Waals surface area contributed by atoms with E-state index in [9.17, 15) is 20.0 Å². The SMILES string of the molecule is COc1ccccc1/C=N\NC(=O)c1cc([N+](=O)[O-])ccc1[O-]. The van der Waals surface area contributed by atoms with E-state index in [0.717, 1.165) is 18.2 Å². The van der Waals surface area contributed by atoms with E-state index in [1.54, 1.807) is 24.3 Å². The summed E-state index contributed by atoms with van der Waals surface area (Å²) >= 11 is 0. The van der Waals surface area contributed by atoms with Crippen LogP contribution >= 0.6 is 0 Å². The average Bonchev–Trinajstić information content (AvgIpc) is 2.55. The molecule has 8 nitrogen and oxygen atoms in total. The summed E-state index contributed by atoms with van der Waals surface area (Å²) in [5, 5.41) is 26.0. The van der Waals surface area contributed by atoms with Gasteiger partial charge in [0, 0.05) is 23.3 Å². The van der Waals surface area contributed by atoms with Gasteiger partial charge in [-0.15, -0.1) is 0 Å². The number of benzene rings is 2. The molecule has 0 unspecified atom stereocenters. The Labute approximate surface area is 131 Å². The lowest BCUT2D eigenvalue weighted by Gasteiger charge is -2.11. The Bertz CT molecular complexity index is 773. The molecule has 0 aliphatic carbocycles. The maximum Gasteiger partial charge on any atom is 0.270 e. The summed E-state index contributed by atoms with van der Waals surface area (Å²) in [6.07, 6.45) is 1.35. The van der Waals surface area contributed by atoms with Crippen LogP contribution in [0.5, 0.6) is 11.5 Å². The second-order valence-electron chi connectivity index (χ2n) is 4.38. The van der Waals surface area contributed by atoms with Crippen molar-refractivity contribution in [3.63, 3.8) is 0 Å². The zero-order chi connectivity index (χ0) is 16.8. The highest BCUT2D eigenvalue weighted by Crippen LogP contribution is 2.20. The third-order valence-electron chi connectivity index (χ3n) is 2.93. The zero-order valence-corrected chi connectivity index (χ0v) is 12.1. The van der Waals surface area contributed by atoms with Crippen LogP contribution in [0.1, 0.15) is 15.9 Å². The van der Waals surface area contributed by atoms with E-state index in [0.29, 0.717) is 11.3 Å². The molecule has 23 heavy (non-hydrogen) atoms. The van der Waals surface area contributed by atoms with Gasteiger partial charge in [-0.25, -0.2) is 5.43 Å². The Morgan fingerprint density at radius 1 is 1.30 bits per heavy atom. The van der Waals surface area contributed by atoms with Crippen LogP contribution in [-0.4, -0.2) is 24.2 Å². The van der Waals surface area contributed by atoms with Crippen LogP contribution in [0.25, 0.3) is 0 Å². The van der Waals surface area contributed by atoms with Crippen molar-refractivity contribution in [1.29, 1.82) is 0 Å². The molecule has 2 aromatic carbocycles. The van der Waals surface area contributed by atoms with Crippen molar-refractivity contribution in [2.24, 2.45) is 5.10 Å². The maximum absolute atomic E-state index is 11.9. The summed E-state index contributed by atoms with van der Waals surface area (Å²) in [5.41, 5.74) is 2.09. The number of nitrogens with zero attached hydrogens (tertiary/aromatic N) is 2. The first-order valence-corrected chi connectivity index (χ1v) is 6.45. The number of rotatable bonds is 5. The van der Waals surface area contributed by atoms with E-state index < -0.39 is 16.6 Å². The molecule has 0 aliphatic rings. The lowest BCUT2D eigenvalue weighted by atomic mass is 10.1. The minimum Gasteiger partial charge on any atom is -0.872 e. The molecule has 1 N–H and O–H groups in total. The standard InChI is InChI=1S/C15H13N3O5/c1-23-14-5-3-2-4-10(14)9-16-17-15(20)12-8-11(18(21)22)6-7-13(12)19/h2-9,19H,1H3,(H,17,20)/p-1/b16-9-. The van der Waals surface area contributed by atoms with Gasteiger partial charge in [-0.1, -0.05) is 23.9 Å². The Morgan fingerprint density at radius 3 is 2.74 bits per heavy atom. The van der Waals surface area contributed by atoms with Gasteiger partial charge in [0.15, 0.2) is 0 Å². The number of hydrogen-bond donors (Lipinski definition) is 1. The quantitative estimate of drug-likeness (QED) is 0.509. The van der Waals surface area contributed by atoms with Crippen LogP contribution < -0.4 is 15.3 Å². The largest absolute Gasteiger partial charge is 0.872 e. The first kappa shape index (κ1) is 16.0. The molecule has 118 valence electrons. The third-order valence-corrected chi connectivity index (χ3v) is 2.93. The van der Waals surface area contributed by atoms with Crippen LogP contribution in [0.2, 0.25) is 0 Å². The van der Waals surface area contributed by atoms with E-state index in [2.05, 4.69) is 10.5 Å². The molecule has 0 saturated carbocycles. The van der Waals surface area contributed by atoms with E-state index in [1.165, 1.54) is 13.3 Å². The Morgan fingerprint density at radius 2 is 2.04 bits per heavy atom. The zero-order valence-electron chi connectivity index (χ0n) is 12.1. The van der Waals surface area contributed by atoms with Crippen LogP contribution in [0, 0.1) is 10.1 Å². The van der Waals surface area contributed by atoms with Gasteiger partial charge in [0.05, 0.1) is 18.2 Å². The molecule has 0 aromatic heterocycles. The first-order chi connectivity index (χ1) is 11.0. The molecule has 0 heterocycles. The van der Waals surface area contributed by atoms with Crippen molar-refractivity contribution in [3.05, 3.63) is 63.7 Å². The first-order valence-electron chi connectivity index (χ1n) is 6.45. The highest BCUT2D eigenvalue weighted by atomic mass is 16.6. The van der Waals surface area contributed by atoms with Crippen molar-refractivity contribution in [2.45, 2.75) is 0 Å². The summed E-state index contributed by atoms with van der Waals surface area (Å²) in [5.74, 6) is -0.893. The minimum atomic E-state index is -0.829. The van der Waals surface area contributed by atoms with Crippen molar-refractivity contribution in [3.8, 4) is 11.5 Å². The van der Waals surface area contributed by atoms with E-state index in [1.807, 2.05) is 0 Å². The number of hydrazone groups is 1. The smallest absolute Gasteiger partial charge is 0.270 e. The molecule has 8 heteroatoms. The lowest BCUT2D eigenvalue weighted by Crippen LogP contribution is -2.19. The molecule has 0 atom stereocenters. The topological polar surface area (TPSA) is 117 Å². The minimum absolute atomic E-state index is 0.344. The predicted molar refractivity (Wildman–Crippen MR) is 80.6 cm³/mol. The molecule has 0 radical (unpaired) electrons. The van der Waals surface area contributed by atoms with Gasteiger partial charge in [-0.05, 0) is 12.1 Å². The number of nitrogens with one attached hydrogen (secondary N) is 1. The van der Waals surface area contributed by atoms with Gasteiger partial charge < -0.3 is 9.84 Å². The molecule has 0 bridgehead atoms. The molecule has 0 fully saturated rings. The number of non-ortho nitro benzene ring substituents is 1. The molecular formula is C15H12N3O5-. The van der Waals surface area contributed by atoms with Crippen LogP contribution in [0.3, 0.4) is 0 Å². The van der Waals surface area contributed by atoms with Gasteiger partial charge in [0.2, 0.25) is 0 Å². The van der Waals surface area contributed by atoms with Crippen LogP contribution in [-0.2, 0) is 0 Å². The number of amides is 1. The number of ether oxygens (including phenoxy) is 1. The molecule has 1 amide bonds. The van der Waals surface area contributed by atoms with Gasteiger partial charge in [0.25, 0.3) is 11.6 Å². The average molecular weight is 314 g/mol. The fourth-order valence-electron chi connectivity index (χ4n) is 1.80. The van der Waals surface area contributed by atoms with E-state index in [-0.39, 0.29) is 11.3 Å². The summed E-state index contributed by atoms with van der Waals surface area (Å²) < 4.78 is 5.12. The highest BCUT2D eigenvalue weighted by Gasteiger charge is 2.12. The van der Waals surface area contributed by atoms with Gasteiger partial charge in [0.1, 0.15) is 5.75 Å². The number of nitro benzene ring substituents is 1. The number of carbonyl (C=O) groups excluding carboxylic acids is 1. The summed E-state index contributed by atoms with van der Waals surface area (Å²) in [7, 11) is 1.50. The van der Waals surface area contributed by atoms with Crippen molar-refractivity contribution in [2.75, 3.05) is 7.11 Å². The Balaban J connectivity index is 2.15. The van der Waals surface area contributed by atoms with Gasteiger partial charge in [-0.3, -0.25) is 14.9 Å². The molecule has 0 aliphatic heterocycles. The summed E-state index contributed by atoms with van der Waals surface area (Å²) in [6.45, 7) is 0. The van der Waals surface area contributed by atoms with E-state index in [4.69, 9.17) is 4.74 Å². The number of methoxy groups -OCH3 is 1. The predicted octanol–water partition coefficient (Wildman–Crippen LogP) is 1.44. The van der Waals surface area contributed by atoms with Crippen LogP contribution in [0.4, 0.5) is 5.69 Å². The maximum atomic E-state index is 11.9. The number of nitro groups is 1. The Hall–Kier alpha value is -3.42. The summed E-state index contributed by atoms with van der Waals surface area (Å²) in [6, 6.07) is 9.91. The van der Waals surface area contributed by atoms with Gasteiger partial charge >= 0.3 is 0 Å². The fraction of sp³-hybridized carbons (Fsp3) is 0.0667. The second kappa shape index (κ2) is 7.03. The monoisotopic (exact) mass is 314 g/mol. The normalized spacial score (nSPS) is 10.5. The van der Waals surface area contributed by atoms with Crippen molar-refractivity contribution in [1.82, 2.24) is 5.43 Å². The molecular weight excluding hydrogens is 302 g/mol. The van der Waals surface area contributed by atoms with Crippen molar-refractivity contribution >= 4 is 17.8 Å². The number of carbonyl (C=O) groups is 1. The fourth-order valence-corrected chi connectivity index (χ4v) is 1.80. The number of para-hydroxylation sites is 1. The summed E-state index contributed by atoms with van der Waals surface area (Å²) in [4.78, 5) is 21.9. The van der Waals surface area contributed by atoms with E-state index >= 15 is 0 Å². The van der Waals surface area contributed by atoms with Crippen molar-refractivity contribution < 1.29 is 19.6 Å².